The van der Waals surface area contributed by atoms with E-state index in [-0.39, 0.29) is 15.8 Å². The number of carboxylic acids is 1. The lowest BCUT2D eigenvalue weighted by Gasteiger charge is -2.08. The summed E-state index contributed by atoms with van der Waals surface area (Å²) in [6.45, 7) is 3.81. The highest BCUT2D eigenvalue weighted by molar-refractivity contribution is 9.10. The first-order valence-electron chi connectivity index (χ1n) is 4.53. The minimum Gasteiger partial charge on any atom is -0.490 e. The summed E-state index contributed by atoms with van der Waals surface area (Å²) in [6.07, 6.45) is 2.25. The second-order valence-corrected chi connectivity index (χ2v) is 3.76. The van der Waals surface area contributed by atoms with Gasteiger partial charge >= 0.3 is 5.97 Å². The maximum absolute atomic E-state index is 13.6. The molecular weight excluding hydrogens is 279 g/mol. The second kappa shape index (κ2) is 5.65. The summed E-state index contributed by atoms with van der Waals surface area (Å²) in [5, 5.41) is 8.74. The molecule has 86 valence electrons. The van der Waals surface area contributed by atoms with Gasteiger partial charge in [0, 0.05) is 0 Å². The topological polar surface area (TPSA) is 46.5 Å². The maximum Gasteiger partial charge on any atom is 0.336 e. The summed E-state index contributed by atoms with van der Waals surface area (Å²) >= 11 is 2.88. The molecule has 0 aliphatic rings. The van der Waals surface area contributed by atoms with Crippen molar-refractivity contribution >= 4 is 21.9 Å². The predicted molar refractivity (Wildman–Crippen MR) is 61.4 cm³/mol. The molecule has 0 amide bonds. The largest absolute Gasteiger partial charge is 0.490 e. The fourth-order valence-corrected chi connectivity index (χ4v) is 1.56. The van der Waals surface area contributed by atoms with Crippen molar-refractivity contribution in [2.75, 3.05) is 6.61 Å². The van der Waals surface area contributed by atoms with Crippen LogP contribution in [0.2, 0.25) is 0 Å². The van der Waals surface area contributed by atoms with Crippen LogP contribution in [-0.2, 0) is 0 Å². The quantitative estimate of drug-likeness (QED) is 0.668. The Kier molecular flexibility index (Phi) is 4.49. The van der Waals surface area contributed by atoms with Crippen LogP contribution in [0.1, 0.15) is 16.8 Å². The van der Waals surface area contributed by atoms with E-state index < -0.39 is 11.8 Å². The molecule has 0 fully saturated rings. The third kappa shape index (κ3) is 2.82. The standard InChI is InChI=1S/C11H10BrFO3/c1-2-3-6-16-8-5-4-7(11(14)15)9(12)10(8)13/h2,4-5H,1,3,6H2,(H,14,15). The lowest BCUT2D eigenvalue weighted by molar-refractivity contribution is 0.0695. The van der Waals surface area contributed by atoms with Crippen LogP contribution >= 0.6 is 15.9 Å². The van der Waals surface area contributed by atoms with E-state index in [0.717, 1.165) is 0 Å². The van der Waals surface area contributed by atoms with Crippen molar-refractivity contribution < 1.29 is 19.0 Å². The average Bonchev–Trinajstić information content (AvgIpc) is 2.24. The normalized spacial score (nSPS) is 9.88. The Bertz CT molecular complexity index is 418. The van der Waals surface area contributed by atoms with Gasteiger partial charge in [-0.25, -0.2) is 9.18 Å². The first-order valence-corrected chi connectivity index (χ1v) is 5.32. The lowest BCUT2D eigenvalue weighted by atomic mass is 10.2. The van der Waals surface area contributed by atoms with Gasteiger partial charge in [-0.2, -0.15) is 0 Å². The number of carboxylic acid groups (broad SMARTS) is 1. The summed E-state index contributed by atoms with van der Waals surface area (Å²) < 4.78 is 18.6. The molecule has 0 saturated carbocycles. The van der Waals surface area contributed by atoms with Crippen LogP contribution in [-0.4, -0.2) is 17.7 Å². The van der Waals surface area contributed by atoms with E-state index in [1.54, 1.807) is 6.08 Å². The van der Waals surface area contributed by atoms with Crippen LogP contribution in [0.25, 0.3) is 0 Å². The molecule has 0 atom stereocenters. The van der Waals surface area contributed by atoms with E-state index in [9.17, 15) is 9.18 Å². The van der Waals surface area contributed by atoms with Gasteiger partial charge in [0.1, 0.15) is 0 Å². The minimum atomic E-state index is -1.19. The number of halogens is 2. The molecule has 0 aliphatic carbocycles. The molecular formula is C11H10BrFO3. The molecule has 0 bridgehead atoms. The molecule has 0 aliphatic heterocycles. The molecule has 0 saturated heterocycles. The van der Waals surface area contributed by atoms with Crippen LogP contribution in [0.15, 0.2) is 29.3 Å². The van der Waals surface area contributed by atoms with Crippen molar-refractivity contribution in [1.82, 2.24) is 0 Å². The van der Waals surface area contributed by atoms with Crippen molar-refractivity contribution in [3.63, 3.8) is 0 Å². The number of hydrogen-bond acceptors (Lipinski definition) is 2. The number of carbonyl (C=O) groups is 1. The van der Waals surface area contributed by atoms with Gasteiger partial charge in [-0.05, 0) is 34.5 Å². The van der Waals surface area contributed by atoms with Gasteiger partial charge in [0.2, 0.25) is 0 Å². The van der Waals surface area contributed by atoms with Crippen molar-refractivity contribution in [3.8, 4) is 5.75 Å². The van der Waals surface area contributed by atoms with Crippen LogP contribution in [0.4, 0.5) is 4.39 Å². The van der Waals surface area contributed by atoms with Crippen LogP contribution in [0.5, 0.6) is 5.75 Å². The van der Waals surface area contributed by atoms with Crippen LogP contribution in [0.3, 0.4) is 0 Å². The van der Waals surface area contributed by atoms with Gasteiger partial charge in [0.05, 0.1) is 16.6 Å². The van der Waals surface area contributed by atoms with Gasteiger partial charge < -0.3 is 9.84 Å². The summed E-state index contributed by atoms with van der Waals surface area (Å²) in [4.78, 5) is 10.7. The number of hydrogen-bond donors (Lipinski definition) is 1. The van der Waals surface area contributed by atoms with E-state index in [1.807, 2.05) is 0 Å². The average molecular weight is 289 g/mol. The third-order valence-electron chi connectivity index (χ3n) is 1.86. The highest BCUT2D eigenvalue weighted by Crippen LogP contribution is 2.28. The van der Waals surface area contributed by atoms with Crippen LogP contribution < -0.4 is 4.74 Å². The molecule has 16 heavy (non-hydrogen) atoms. The van der Waals surface area contributed by atoms with E-state index in [4.69, 9.17) is 9.84 Å². The molecule has 0 heterocycles. The zero-order chi connectivity index (χ0) is 12.1. The number of aromatic carboxylic acids is 1. The van der Waals surface area contributed by atoms with Gasteiger partial charge in [0.25, 0.3) is 0 Å². The smallest absolute Gasteiger partial charge is 0.336 e. The molecule has 1 aromatic carbocycles. The van der Waals surface area contributed by atoms with Crippen molar-refractivity contribution in [2.24, 2.45) is 0 Å². The zero-order valence-electron chi connectivity index (χ0n) is 8.37. The SMILES string of the molecule is C=CCCOc1ccc(C(=O)O)c(Br)c1F. The van der Waals surface area contributed by atoms with E-state index in [2.05, 4.69) is 22.5 Å². The van der Waals surface area contributed by atoms with Crippen molar-refractivity contribution in [2.45, 2.75) is 6.42 Å². The van der Waals surface area contributed by atoms with Crippen molar-refractivity contribution in [3.05, 3.63) is 40.6 Å². The predicted octanol–water partition coefficient (Wildman–Crippen LogP) is 3.24. The van der Waals surface area contributed by atoms with Gasteiger partial charge in [-0.1, -0.05) is 6.08 Å². The molecule has 1 N–H and O–H groups in total. The highest BCUT2D eigenvalue weighted by Gasteiger charge is 2.16. The van der Waals surface area contributed by atoms with E-state index in [1.165, 1.54) is 12.1 Å². The number of benzene rings is 1. The molecule has 1 aromatic rings. The van der Waals surface area contributed by atoms with Gasteiger partial charge in [-0.15, -0.1) is 6.58 Å². The fourth-order valence-electron chi connectivity index (χ4n) is 1.06. The Morgan fingerprint density at radius 3 is 2.88 bits per heavy atom. The molecule has 0 unspecified atom stereocenters. The fraction of sp³-hybridized carbons (Fsp3) is 0.182. The monoisotopic (exact) mass is 288 g/mol. The lowest BCUT2D eigenvalue weighted by Crippen LogP contribution is -2.03. The molecule has 0 spiro atoms. The Balaban J connectivity index is 2.93. The Morgan fingerprint density at radius 2 is 2.31 bits per heavy atom. The van der Waals surface area contributed by atoms with E-state index >= 15 is 0 Å². The summed E-state index contributed by atoms with van der Waals surface area (Å²) in [7, 11) is 0. The van der Waals surface area contributed by atoms with Gasteiger partial charge in [0.15, 0.2) is 11.6 Å². The van der Waals surface area contributed by atoms with Crippen molar-refractivity contribution in [1.29, 1.82) is 0 Å². The first kappa shape index (κ1) is 12.7. The first-order chi connectivity index (χ1) is 7.57. The Labute approximate surface area is 101 Å². The Morgan fingerprint density at radius 1 is 1.62 bits per heavy atom. The third-order valence-corrected chi connectivity index (χ3v) is 2.63. The molecule has 5 heteroatoms. The van der Waals surface area contributed by atoms with E-state index in [0.29, 0.717) is 13.0 Å². The van der Waals surface area contributed by atoms with Crippen LogP contribution in [0, 0.1) is 5.82 Å². The molecule has 1 rings (SSSR count). The highest BCUT2D eigenvalue weighted by atomic mass is 79.9. The molecule has 3 nitrogen and oxygen atoms in total. The summed E-state index contributed by atoms with van der Waals surface area (Å²) in [6, 6.07) is 2.59. The summed E-state index contributed by atoms with van der Waals surface area (Å²) in [5.74, 6) is -1.87. The molecule has 0 aromatic heterocycles. The summed E-state index contributed by atoms with van der Waals surface area (Å²) in [5.41, 5.74) is -0.131. The molecule has 0 radical (unpaired) electrons. The number of ether oxygens (including phenoxy) is 1. The maximum atomic E-state index is 13.6. The Hall–Kier alpha value is -1.36. The minimum absolute atomic E-state index is 0.0266. The number of rotatable bonds is 5. The zero-order valence-corrected chi connectivity index (χ0v) is 9.96. The van der Waals surface area contributed by atoms with Gasteiger partial charge in [-0.3, -0.25) is 0 Å². The second-order valence-electron chi connectivity index (χ2n) is 2.97.